The summed E-state index contributed by atoms with van der Waals surface area (Å²) in [4.78, 5) is 37.6. The molecule has 2 aliphatic heterocycles. The van der Waals surface area contributed by atoms with Crippen molar-refractivity contribution in [3.05, 3.63) is 12.2 Å². The topological polar surface area (TPSA) is 368 Å². The van der Waals surface area contributed by atoms with Crippen LogP contribution in [-0.4, -0.2) is 204 Å². The number of allylic oxidation sites excluding steroid dienone is 2. The van der Waals surface area contributed by atoms with Crippen molar-refractivity contribution in [2.75, 3.05) is 26.4 Å². The van der Waals surface area contributed by atoms with Gasteiger partial charge in [0.25, 0.3) is 0 Å². The Morgan fingerprint density at radius 1 is 0.494 bits per heavy atom. The van der Waals surface area contributed by atoms with Gasteiger partial charge in [0, 0.05) is 12.8 Å². The van der Waals surface area contributed by atoms with Crippen LogP contribution in [0.25, 0.3) is 0 Å². The average Bonchev–Trinajstić information content (AvgIpc) is 3.58. The molecule has 3 fully saturated rings. The Kier molecular flexibility index (Phi) is 37.5. The smallest absolute Gasteiger partial charge is 0.462 e. The fraction of sp³-hybridized carbons (Fsp3) is 0.930. The standard InChI is InChI=1S/C57H105O23P/c1-4-6-8-10-12-13-14-15-16-17-18-19-24-28-32-42(60)73-36-39(75-43(61)33-29-25-21-20-23-27-31-38(3)30-26-22-11-9-7-5-2)37-74-81(71,72)80-55-53(78-56-51(69)46(64)44(62)40(34-58)76-56)49(67)48(66)50(68)54(55)79-57-52(70)47(65)45(63)41(35-59)77-57/h16-17,38-41,44-59,62-70H,4-15,18-37H2,1-3H3,(H,71,72)/b17-16-. The number of unbranched alkanes of at least 4 members (excludes halogenated alkanes) is 20. The van der Waals surface area contributed by atoms with Gasteiger partial charge in [-0.15, -0.1) is 0 Å². The normalized spacial score (nSPS) is 31.4. The lowest BCUT2D eigenvalue weighted by Crippen LogP contribution is -2.69. The molecule has 12 N–H and O–H groups in total. The van der Waals surface area contributed by atoms with Crippen molar-refractivity contribution < 1.29 is 113 Å². The molecule has 0 radical (unpaired) electrons. The van der Waals surface area contributed by atoms with E-state index >= 15 is 0 Å². The first kappa shape index (κ1) is 73.4. The van der Waals surface area contributed by atoms with Crippen LogP contribution in [0.15, 0.2) is 12.2 Å². The maximum absolute atomic E-state index is 14.1. The van der Waals surface area contributed by atoms with Crippen molar-refractivity contribution in [1.82, 2.24) is 0 Å². The number of ether oxygens (including phenoxy) is 6. The Hall–Kier alpha value is -1.81. The van der Waals surface area contributed by atoms with Gasteiger partial charge in [0.2, 0.25) is 0 Å². The summed E-state index contributed by atoms with van der Waals surface area (Å²) in [5.74, 6) is -0.662. The molecule has 2 saturated heterocycles. The third-order valence-electron chi connectivity index (χ3n) is 15.5. The summed E-state index contributed by atoms with van der Waals surface area (Å²) in [6.45, 7) is 3.31. The van der Waals surface area contributed by atoms with Crippen LogP contribution in [0.5, 0.6) is 0 Å². The third kappa shape index (κ3) is 27.2. The van der Waals surface area contributed by atoms with E-state index in [0.29, 0.717) is 18.8 Å². The Morgan fingerprint density at radius 3 is 1.35 bits per heavy atom. The fourth-order valence-electron chi connectivity index (χ4n) is 10.3. The first-order chi connectivity index (χ1) is 38.8. The Morgan fingerprint density at radius 2 is 0.889 bits per heavy atom. The fourth-order valence-corrected chi connectivity index (χ4v) is 11.3. The van der Waals surface area contributed by atoms with E-state index in [9.17, 15) is 75.2 Å². The van der Waals surface area contributed by atoms with E-state index in [-0.39, 0.29) is 12.8 Å². The first-order valence-electron chi connectivity index (χ1n) is 30.4. The number of esters is 2. The summed E-state index contributed by atoms with van der Waals surface area (Å²) >= 11 is 0. The lowest BCUT2D eigenvalue weighted by molar-refractivity contribution is -0.360. The number of aliphatic hydroxyl groups is 11. The molecule has 0 aromatic carbocycles. The lowest BCUT2D eigenvalue weighted by Gasteiger charge is -2.49. The van der Waals surface area contributed by atoms with Crippen LogP contribution in [0.3, 0.4) is 0 Å². The summed E-state index contributed by atoms with van der Waals surface area (Å²) in [6, 6.07) is 0. The number of rotatable bonds is 44. The lowest BCUT2D eigenvalue weighted by atomic mass is 9.84. The van der Waals surface area contributed by atoms with Crippen molar-refractivity contribution in [2.45, 2.75) is 305 Å². The second kappa shape index (κ2) is 41.3. The van der Waals surface area contributed by atoms with Crippen molar-refractivity contribution >= 4 is 19.8 Å². The van der Waals surface area contributed by atoms with E-state index in [1.807, 2.05) is 0 Å². The molecule has 17 unspecified atom stereocenters. The summed E-state index contributed by atoms with van der Waals surface area (Å²) in [7, 11) is -5.64. The highest BCUT2D eigenvalue weighted by atomic mass is 31.2. The highest BCUT2D eigenvalue weighted by Crippen LogP contribution is 2.49. The van der Waals surface area contributed by atoms with E-state index in [1.54, 1.807) is 0 Å². The van der Waals surface area contributed by atoms with Gasteiger partial charge in [-0.25, -0.2) is 4.57 Å². The monoisotopic (exact) mass is 1190 g/mol. The van der Waals surface area contributed by atoms with Crippen LogP contribution in [-0.2, 0) is 51.6 Å². The number of carbonyl (C=O) groups excluding carboxylic acids is 2. The number of aliphatic hydroxyl groups excluding tert-OH is 11. The minimum atomic E-state index is -5.64. The summed E-state index contributed by atoms with van der Waals surface area (Å²) in [5.41, 5.74) is 0. The van der Waals surface area contributed by atoms with Gasteiger partial charge in [0.05, 0.1) is 19.8 Å². The van der Waals surface area contributed by atoms with Crippen molar-refractivity contribution in [3.8, 4) is 0 Å². The molecule has 2 heterocycles. The van der Waals surface area contributed by atoms with Gasteiger partial charge in [0.15, 0.2) is 18.7 Å². The highest BCUT2D eigenvalue weighted by Gasteiger charge is 2.58. The molecule has 0 aromatic rings. The molecule has 1 saturated carbocycles. The number of hydrogen-bond donors (Lipinski definition) is 12. The predicted molar refractivity (Wildman–Crippen MR) is 296 cm³/mol. The second-order valence-corrected chi connectivity index (χ2v) is 23.9. The third-order valence-corrected chi connectivity index (χ3v) is 16.5. The SMILES string of the molecule is CCCCCCCCC/C=C\CCCCCC(=O)OCC(COP(=O)(O)OC1C(OC2OC(CO)C(O)C(O)C2O)C(O)C(O)C(O)C1OC1OC(CO)C(O)C(O)C1O)OC(=O)CCCCCCCCC(C)CCCCCCCC. The van der Waals surface area contributed by atoms with Crippen LogP contribution in [0.1, 0.15) is 201 Å². The van der Waals surface area contributed by atoms with E-state index in [0.717, 1.165) is 64.2 Å². The van der Waals surface area contributed by atoms with Crippen LogP contribution in [0.4, 0.5) is 0 Å². The van der Waals surface area contributed by atoms with Gasteiger partial charge in [-0.05, 0) is 44.4 Å². The Balaban J connectivity index is 1.71. The van der Waals surface area contributed by atoms with Crippen LogP contribution in [0, 0.1) is 5.92 Å². The van der Waals surface area contributed by atoms with Gasteiger partial charge in [-0.3, -0.25) is 18.6 Å². The molecule has 3 rings (SSSR count). The molecule has 0 bridgehead atoms. The summed E-state index contributed by atoms with van der Waals surface area (Å²) in [5, 5.41) is 117. The van der Waals surface area contributed by atoms with Gasteiger partial charge >= 0.3 is 19.8 Å². The molecular formula is C57H105O23P. The maximum Gasteiger partial charge on any atom is 0.472 e. The molecule has 3 aliphatic rings. The zero-order chi connectivity index (χ0) is 59.7. The maximum atomic E-state index is 14.1. The molecule has 24 heteroatoms. The van der Waals surface area contributed by atoms with E-state index in [4.69, 9.17) is 37.5 Å². The largest absolute Gasteiger partial charge is 0.472 e. The van der Waals surface area contributed by atoms with Crippen LogP contribution in [0.2, 0.25) is 0 Å². The summed E-state index contributed by atoms with van der Waals surface area (Å²) < 4.78 is 58.2. The van der Waals surface area contributed by atoms with Crippen LogP contribution < -0.4 is 0 Å². The molecule has 0 amide bonds. The molecule has 17 atom stereocenters. The van der Waals surface area contributed by atoms with E-state index < -0.39 is 150 Å². The predicted octanol–water partition coefficient (Wildman–Crippen LogP) is 4.57. The van der Waals surface area contributed by atoms with Gasteiger partial charge in [0.1, 0.15) is 92.1 Å². The molecule has 1 aliphatic carbocycles. The number of hydrogen-bond acceptors (Lipinski definition) is 22. The number of carbonyl (C=O) groups is 2. The van der Waals surface area contributed by atoms with Gasteiger partial charge in [-0.2, -0.15) is 0 Å². The molecule has 0 aromatic heterocycles. The molecule has 0 spiro atoms. The molecular weight excluding hydrogens is 1080 g/mol. The number of phosphoric ester groups is 1. The van der Waals surface area contributed by atoms with Crippen molar-refractivity contribution in [2.24, 2.45) is 5.92 Å². The Bertz CT molecular complexity index is 1680. The quantitative estimate of drug-likeness (QED) is 0.0172. The van der Waals surface area contributed by atoms with Crippen molar-refractivity contribution in [3.63, 3.8) is 0 Å². The Labute approximate surface area is 480 Å². The highest BCUT2D eigenvalue weighted by molar-refractivity contribution is 7.47. The minimum absolute atomic E-state index is 0.0331. The number of phosphoric acid groups is 1. The van der Waals surface area contributed by atoms with Crippen molar-refractivity contribution in [1.29, 1.82) is 0 Å². The van der Waals surface area contributed by atoms with Gasteiger partial charge in [-0.1, -0.05) is 161 Å². The summed E-state index contributed by atoms with van der Waals surface area (Å²) in [6.07, 6.45) is -2.31. The average molecular weight is 1190 g/mol. The molecule has 81 heavy (non-hydrogen) atoms. The van der Waals surface area contributed by atoms with Crippen LogP contribution >= 0.6 is 7.82 Å². The van der Waals surface area contributed by atoms with Gasteiger partial charge < -0.3 is 89.5 Å². The zero-order valence-corrected chi connectivity index (χ0v) is 49.4. The molecule has 23 nitrogen and oxygen atoms in total. The van der Waals surface area contributed by atoms with E-state index in [1.165, 1.54) is 89.9 Å². The zero-order valence-electron chi connectivity index (χ0n) is 48.5. The molecule has 476 valence electrons. The second-order valence-electron chi connectivity index (χ2n) is 22.5. The van der Waals surface area contributed by atoms with E-state index in [2.05, 4.69) is 32.9 Å². The minimum Gasteiger partial charge on any atom is -0.462 e. The first-order valence-corrected chi connectivity index (χ1v) is 31.9.